The molecule has 2 saturated heterocycles. The molecule has 7 heteroatoms. The number of hydrogen-bond acceptors (Lipinski definition) is 4. The van der Waals surface area contributed by atoms with Crippen LogP contribution >= 0.6 is 11.8 Å². The highest BCUT2D eigenvalue weighted by Crippen LogP contribution is 2.39. The third kappa shape index (κ3) is 3.94. The second-order valence-electron chi connectivity index (χ2n) is 6.99. The number of imidazole rings is 1. The van der Waals surface area contributed by atoms with Crippen LogP contribution in [-0.4, -0.2) is 69.8 Å². The van der Waals surface area contributed by atoms with Crippen molar-refractivity contribution in [3.63, 3.8) is 0 Å². The van der Waals surface area contributed by atoms with Crippen LogP contribution in [0.15, 0.2) is 12.5 Å². The van der Waals surface area contributed by atoms with Gasteiger partial charge < -0.3 is 14.8 Å². The summed E-state index contributed by atoms with van der Waals surface area (Å²) in [6.45, 7) is 3.17. The van der Waals surface area contributed by atoms with Crippen molar-refractivity contribution in [2.24, 2.45) is 5.41 Å². The first-order valence-corrected chi connectivity index (χ1v) is 10.0. The normalized spacial score (nSPS) is 24.6. The van der Waals surface area contributed by atoms with Crippen molar-refractivity contribution in [2.45, 2.75) is 32.1 Å². The van der Waals surface area contributed by atoms with Crippen LogP contribution in [0.5, 0.6) is 0 Å². The van der Waals surface area contributed by atoms with E-state index < -0.39 is 0 Å². The molecular formula is C17H26N4O2S. The van der Waals surface area contributed by atoms with Crippen molar-refractivity contribution >= 4 is 23.6 Å². The van der Waals surface area contributed by atoms with E-state index in [1.165, 1.54) is 0 Å². The minimum absolute atomic E-state index is 0.0915. The molecule has 3 heterocycles. The standard InChI is InChI=1S/C17H26N4O2S/c1-24-10-16(23)20-7-2-5-17(11-20)6-3-15(22)21(12-17)8-4-14-9-18-13-19-14/h9,13H,2-8,10-12H2,1H3,(H,18,19). The molecule has 0 aliphatic carbocycles. The number of thioether (sulfide) groups is 1. The molecule has 6 nitrogen and oxygen atoms in total. The lowest BCUT2D eigenvalue weighted by Gasteiger charge is -2.48. The fraction of sp³-hybridized carbons (Fsp3) is 0.706. The third-order valence-electron chi connectivity index (χ3n) is 5.24. The molecule has 1 atom stereocenters. The lowest BCUT2D eigenvalue weighted by atomic mass is 9.73. The summed E-state index contributed by atoms with van der Waals surface area (Å²) in [6.07, 6.45) is 9.93. The summed E-state index contributed by atoms with van der Waals surface area (Å²) in [4.78, 5) is 35.7. The maximum Gasteiger partial charge on any atom is 0.232 e. The van der Waals surface area contributed by atoms with Gasteiger partial charge in [-0.05, 0) is 25.5 Å². The summed E-state index contributed by atoms with van der Waals surface area (Å²) in [5, 5.41) is 0. The second kappa shape index (κ2) is 7.59. The number of H-pyrrole nitrogens is 1. The highest BCUT2D eigenvalue weighted by atomic mass is 32.2. The Balaban J connectivity index is 1.62. The van der Waals surface area contributed by atoms with E-state index in [0.29, 0.717) is 12.2 Å². The second-order valence-corrected chi connectivity index (χ2v) is 7.86. The predicted molar refractivity (Wildman–Crippen MR) is 94.7 cm³/mol. The molecule has 1 aromatic rings. The fourth-order valence-corrected chi connectivity index (χ4v) is 4.38. The number of aromatic amines is 1. The van der Waals surface area contributed by atoms with Gasteiger partial charge in [-0.1, -0.05) is 0 Å². The van der Waals surface area contributed by atoms with Crippen LogP contribution in [-0.2, 0) is 16.0 Å². The molecule has 0 radical (unpaired) electrons. The van der Waals surface area contributed by atoms with Crippen molar-refractivity contribution in [2.75, 3.05) is 38.2 Å². The summed E-state index contributed by atoms with van der Waals surface area (Å²) in [5.41, 5.74) is 1.15. The first-order valence-electron chi connectivity index (χ1n) is 8.64. The fourth-order valence-electron chi connectivity index (χ4n) is 3.95. The Kier molecular flexibility index (Phi) is 5.48. The SMILES string of the molecule is CSCC(=O)N1CCCC2(CCC(=O)N(CCc3cnc[nH]3)C2)C1. The molecule has 3 rings (SSSR count). The van der Waals surface area contributed by atoms with E-state index in [1.807, 2.05) is 22.3 Å². The molecule has 24 heavy (non-hydrogen) atoms. The van der Waals surface area contributed by atoms with Crippen molar-refractivity contribution < 1.29 is 9.59 Å². The van der Waals surface area contributed by atoms with Gasteiger partial charge in [-0.15, -0.1) is 0 Å². The van der Waals surface area contributed by atoms with Crippen molar-refractivity contribution in [3.8, 4) is 0 Å². The average Bonchev–Trinajstić information content (AvgIpc) is 3.10. The number of amides is 2. The molecule has 2 aliphatic heterocycles. The lowest BCUT2D eigenvalue weighted by Crippen LogP contribution is -2.55. The Morgan fingerprint density at radius 1 is 1.42 bits per heavy atom. The van der Waals surface area contributed by atoms with Crippen LogP contribution in [0.25, 0.3) is 0 Å². The van der Waals surface area contributed by atoms with Gasteiger partial charge in [-0.3, -0.25) is 9.59 Å². The number of carbonyl (C=O) groups excluding carboxylic acids is 2. The van der Waals surface area contributed by atoms with E-state index in [9.17, 15) is 9.59 Å². The molecule has 132 valence electrons. The van der Waals surface area contributed by atoms with E-state index in [0.717, 1.165) is 57.6 Å². The largest absolute Gasteiger partial charge is 0.348 e. The van der Waals surface area contributed by atoms with Gasteiger partial charge in [-0.25, -0.2) is 4.98 Å². The zero-order chi connectivity index (χ0) is 17.0. The van der Waals surface area contributed by atoms with Crippen LogP contribution < -0.4 is 0 Å². The van der Waals surface area contributed by atoms with Crippen LogP contribution in [0.2, 0.25) is 0 Å². The topological polar surface area (TPSA) is 69.3 Å². The molecule has 2 aliphatic rings. The number of likely N-dealkylation sites (tertiary alicyclic amines) is 2. The van der Waals surface area contributed by atoms with E-state index in [2.05, 4.69) is 9.97 Å². The van der Waals surface area contributed by atoms with Gasteiger partial charge >= 0.3 is 0 Å². The molecule has 0 aromatic carbocycles. The molecule has 1 N–H and O–H groups in total. The number of aromatic nitrogens is 2. The van der Waals surface area contributed by atoms with Crippen LogP contribution in [0.3, 0.4) is 0 Å². The van der Waals surface area contributed by atoms with Crippen LogP contribution in [0.4, 0.5) is 0 Å². The van der Waals surface area contributed by atoms with Gasteiger partial charge in [0.15, 0.2) is 0 Å². The zero-order valence-corrected chi connectivity index (χ0v) is 15.1. The highest BCUT2D eigenvalue weighted by Gasteiger charge is 2.42. The van der Waals surface area contributed by atoms with E-state index in [4.69, 9.17) is 0 Å². The van der Waals surface area contributed by atoms with Crippen molar-refractivity contribution in [1.29, 1.82) is 0 Å². The number of nitrogens with zero attached hydrogens (tertiary/aromatic N) is 3. The minimum Gasteiger partial charge on any atom is -0.348 e. The Hall–Kier alpha value is -1.50. The van der Waals surface area contributed by atoms with Gasteiger partial charge in [0.25, 0.3) is 0 Å². The summed E-state index contributed by atoms with van der Waals surface area (Å²) in [5.74, 6) is 1.04. The number of nitrogens with one attached hydrogen (secondary N) is 1. The maximum absolute atomic E-state index is 12.3. The highest BCUT2D eigenvalue weighted by molar-refractivity contribution is 7.99. The number of carbonyl (C=O) groups is 2. The van der Waals surface area contributed by atoms with Gasteiger partial charge in [0, 0.05) is 56.3 Å². The molecular weight excluding hydrogens is 324 g/mol. The molecule has 2 fully saturated rings. The zero-order valence-electron chi connectivity index (χ0n) is 14.3. The van der Waals surface area contributed by atoms with Crippen molar-refractivity contribution in [3.05, 3.63) is 18.2 Å². The summed E-state index contributed by atoms with van der Waals surface area (Å²) >= 11 is 1.58. The quantitative estimate of drug-likeness (QED) is 0.875. The molecule has 1 aromatic heterocycles. The van der Waals surface area contributed by atoms with E-state index in [-0.39, 0.29) is 17.2 Å². The maximum atomic E-state index is 12.3. The van der Waals surface area contributed by atoms with E-state index >= 15 is 0 Å². The number of hydrogen-bond donors (Lipinski definition) is 1. The minimum atomic E-state index is 0.0915. The Labute approximate surface area is 147 Å². The molecule has 1 unspecified atom stereocenters. The van der Waals surface area contributed by atoms with E-state index in [1.54, 1.807) is 18.1 Å². The first-order chi connectivity index (χ1) is 11.6. The third-order valence-corrected chi connectivity index (χ3v) is 5.77. The average molecular weight is 350 g/mol. The summed E-state index contributed by atoms with van der Waals surface area (Å²) in [6, 6.07) is 0. The van der Waals surface area contributed by atoms with Gasteiger partial charge in [0.1, 0.15) is 0 Å². The smallest absolute Gasteiger partial charge is 0.232 e. The molecule has 1 spiro atoms. The Morgan fingerprint density at radius 2 is 2.29 bits per heavy atom. The van der Waals surface area contributed by atoms with Crippen molar-refractivity contribution in [1.82, 2.24) is 19.8 Å². The number of piperidine rings is 2. The molecule has 0 saturated carbocycles. The Bertz CT molecular complexity index is 577. The molecule has 2 amide bonds. The van der Waals surface area contributed by atoms with Crippen LogP contribution in [0, 0.1) is 5.41 Å². The monoisotopic (exact) mass is 350 g/mol. The Morgan fingerprint density at radius 3 is 3.04 bits per heavy atom. The van der Waals surface area contributed by atoms with Crippen LogP contribution in [0.1, 0.15) is 31.4 Å². The predicted octanol–water partition coefficient (Wildman–Crippen LogP) is 1.55. The first kappa shape index (κ1) is 17.3. The van der Waals surface area contributed by atoms with Gasteiger partial charge in [-0.2, -0.15) is 11.8 Å². The number of rotatable bonds is 5. The summed E-state index contributed by atoms with van der Waals surface area (Å²) < 4.78 is 0. The van der Waals surface area contributed by atoms with Gasteiger partial charge in [0.2, 0.25) is 11.8 Å². The lowest BCUT2D eigenvalue weighted by molar-refractivity contribution is -0.142. The molecule has 0 bridgehead atoms. The summed E-state index contributed by atoms with van der Waals surface area (Å²) in [7, 11) is 0. The van der Waals surface area contributed by atoms with Gasteiger partial charge in [0.05, 0.1) is 12.1 Å².